The number of carbonyl (C=O) groups is 3. The van der Waals surface area contributed by atoms with Gasteiger partial charge in [-0.2, -0.15) is 0 Å². The van der Waals surface area contributed by atoms with Gasteiger partial charge in [-0.3, -0.25) is 9.59 Å². The van der Waals surface area contributed by atoms with E-state index in [-0.39, 0.29) is 11.8 Å². The summed E-state index contributed by atoms with van der Waals surface area (Å²) >= 11 is 0. The highest BCUT2D eigenvalue weighted by Gasteiger charge is 2.30. The Bertz CT molecular complexity index is 580. The summed E-state index contributed by atoms with van der Waals surface area (Å²) in [4.78, 5) is 35.4. The summed E-state index contributed by atoms with van der Waals surface area (Å²) in [5, 5.41) is 23.1. The van der Waals surface area contributed by atoms with E-state index in [4.69, 9.17) is 5.11 Å². The van der Waals surface area contributed by atoms with Gasteiger partial charge in [0, 0.05) is 0 Å². The monoisotopic (exact) mass is 336 g/mol. The van der Waals surface area contributed by atoms with Crippen molar-refractivity contribution in [1.29, 1.82) is 0 Å². The number of aliphatic hydroxyl groups excluding tert-OH is 1. The number of carbonyl (C=O) groups excluding carboxylic acids is 2. The van der Waals surface area contributed by atoms with E-state index in [0.29, 0.717) is 5.56 Å². The highest BCUT2D eigenvalue weighted by molar-refractivity contribution is 5.91. The first kappa shape index (κ1) is 19.6. The third-order valence-corrected chi connectivity index (χ3v) is 3.28. The molecule has 0 radical (unpaired) electrons. The SMILES string of the molecule is CC(C)(C)C[C@H](NC(=O)[C@H](NC(=O)CO)c1ccccc1)C(=O)O. The molecule has 0 bridgehead atoms. The number of aliphatic hydroxyl groups is 1. The number of carboxylic acids is 1. The third kappa shape index (κ3) is 6.37. The average Bonchev–Trinajstić information content (AvgIpc) is 2.51. The molecule has 1 rings (SSSR count). The lowest BCUT2D eigenvalue weighted by Crippen LogP contribution is -2.48. The number of hydrogen-bond acceptors (Lipinski definition) is 4. The molecule has 7 nitrogen and oxygen atoms in total. The molecule has 0 heterocycles. The summed E-state index contributed by atoms with van der Waals surface area (Å²) < 4.78 is 0. The highest BCUT2D eigenvalue weighted by atomic mass is 16.4. The maximum atomic E-state index is 12.5. The van der Waals surface area contributed by atoms with E-state index in [2.05, 4.69) is 10.6 Å². The Morgan fingerprint density at radius 3 is 2.12 bits per heavy atom. The summed E-state index contributed by atoms with van der Waals surface area (Å²) in [6, 6.07) is 6.28. The first-order chi connectivity index (χ1) is 11.1. The minimum atomic E-state index is -1.14. The normalized spacial score (nSPS) is 13.7. The fourth-order valence-electron chi connectivity index (χ4n) is 2.22. The van der Waals surface area contributed by atoms with E-state index >= 15 is 0 Å². The van der Waals surface area contributed by atoms with Gasteiger partial charge in [-0.25, -0.2) is 4.79 Å². The number of hydrogen-bond donors (Lipinski definition) is 4. The van der Waals surface area contributed by atoms with E-state index in [9.17, 15) is 19.5 Å². The van der Waals surface area contributed by atoms with Gasteiger partial charge in [-0.05, 0) is 17.4 Å². The number of amides is 2. The van der Waals surface area contributed by atoms with Gasteiger partial charge >= 0.3 is 5.97 Å². The average molecular weight is 336 g/mol. The maximum Gasteiger partial charge on any atom is 0.326 e. The quantitative estimate of drug-likeness (QED) is 0.589. The van der Waals surface area contributed by atoms with Crippen LogP contribution in [0.5, 0.6) is 0 Å². The van der Waals surface area contributed by atoms with Crippen LogP contribution in [0.2, 0.25) is 0 Å². The molecule has 2 atom stereocenters. The summed E-state index contributed by atoms with van der Waals surface area (Å²) in [5.74, 6) is -2.50. The molecule has 24 heavy (non-hydrogen) atoms. The fourth-order valence-corrected chi connectivity index (χ4v) is 2.22. The van der Waals surface area contributed by atoms with Crippen molar-refractivity contribution in [2.45, 2.75) is 39.3 Å². The molecule has 0 aromatic heterocycles. The van der Waals surface area contributed by atoms with Gasteiger partial charge < -0.3 is 20.8 Å². The van der Waals surface area contributed by atoms with Gasteiger partial charge in [0.25, 0.3) is 0 Å². The van der Waals surface area contributed by atoms with Crippen molar-refractivity contribution >= 4 is 17.8 Å². The summed E-state index contributed by atoms with van der Waals surface area (Å²) in [7, 11) is 0. The van der Waals surface area contributed by atoms with Crippen LogP contribution in [0.25, 0.3) is 0 Å². The van der Waals surface area contributed by atoms with Crippen LogP contribution in [0, 0.1) is 5.41 Å². The molecule has 0 spiro atoms. The fraction of sp³-hybridized carbons (Fsp3) is 0.471. The smallest absolute Gasteiger partial charge is 0.326 e. The number of nitrogens with one attached hydrogen (secondary N) is 2. The zero-order valence-electron chi connectivity index (χ0n) is 14.1. The lowest BCUT2D eigenvalue weighted by atomic mass is 9.88. The molecular formula is C17H24N2O5. The van der Waals surface area contributed by atoms with E-state index in [1.807, 2.05) is 20.8 Å². The Labute approximate surface area is 141 Å². The predicted octanol–water partition coefficient (Wildman–Crippen LogP) is 0.842. The van der Waals surface area contributed by atoms with Gasteiger partial charge in [-0.15, -0.1) is 0 Å². The second-order valence-corrected chi connectivity index (χ2v) is 6.73. The van der Waals surface area contributed by atoms with Crippen molar-refractivity contribution in [2.75, 3.05) is 6.61 Å². The van der Waals surface area contributed by atoms with Crippen molar-refractivity contribution in [3.8, 4) is 0 Å². The number of benzene rings is 1. The molecule has 0 saturated heterocycles. The Kier molecular flexibility index (Phi) is 6.91. The zero-order chi connectivity index (χ0) is 18.3. The van der Waals surface area contributed by atoms with Crippen LogP contribution in [0.15, 0.2) is 30.3 Å². The number of rotatable bonds is 7. The molecule has 0 fully saturated rings. The first-order valence-corrected chi connectivity index (χ1v) is 7.62. The molecule has 0 saturated carbocycles. The van der Waals surface area contributed by atoms with E-state index < -0.39 is 36.5 Å². The highest BCUT2D eigenvalue weighted by Crippen LogP contribution is 2.22. The molecular weight excluding hydrogens is 312 g/mol. The number of carboxylic acid groups (broad SMARTS) is 1. The van der Waals surface area contributed by atoms with E-state index in [1.165, 1.54) is 0 Å². The molecule has 2 amide bonds. The van der Waals surface area contributed by atoms with Gasteiger partial charge in [0.15, 0.2) is 0 Å². The minimum Gasteiger partial charge on any atom is -0.480 e. The van der Waals surface area contributed by atoms with Crippen LogP contribution in [0.1, 0.15) is 38.8 Å². The lowest BCUT2D eigenvalue weighted by Gasteiger charge is -2.26. The van der Waals surface area contributed by atoms with Gasteiger partial charge in [0.05, 0.1) is 0 Å². The van der Waals surface area contributed by atoms with E-state index in [0.717, 1.165) is 0 Å². The summed E-state index contributed by atoms with van der Waals surface area (Å²) in [5.41, 5.74) is 0.198. The van der Waals surface area contributed by atoms with Gasteiger partial charge in [0.2, 0.25) is 11.8 Å². The van der Waals surface area contributed by atoms with Crippen LogP contribution in [0.4, 0.5) is 0 Å². The second kappa shape index (κ2) is 8.44. The van der Waals surface area contributed by atoms with Gasteiger partial charge in [-0.1, -0.05) is 51.1 Å². The first-order valence-electron chi connectivity index (χ1n) is 7.62. The Balaban J connectivity index is 2.98. The summed E-state index contributed by atoms with van der Waals surface area (Å²) in [6.07, 6.45) is 0.240. The van der Waals surface area contributed by atoms with Crippen molar-refractivity contribution in [3.63, 3.8) is 0 Å². The summed E-state index contributed by atoms with van der Waals surface area (Å²) in [6.45, 7) is 4.85. The molecule has 0 aliphatic carbocycles. The third-order valence-electron chi connectivity index (χ3n) is 3.28. The molecule has 4 N–H and O–H groups in total. The Morgan fingerprint density at radius 2 is 1.67 bits per heavy atom. The van der Waals surface area contributed by atoms with Crippen LogP contribution >= 0.6 is 0 Å². The van der Waals surface area contributed by atoms with Crippen molar-refractivity contribution in [2.24, 2.45) is 5.41 Å². The topological polar surface area (TPSA) is 116 Å². The zero-order valence-corrected chi connectivity index (χ0v) is 14.1. The Hall–Kier alpha value is -2.41. The van der Waals surface area contributed by atoms with E-state index in [1.54, 1.807) is 30.3 Å². The molecule has 7 heteroatoms. The van der Waals surface area contributed by atoms with Crippen molar-refractivity contribution < 1.29 is 24.6 Å². The number of aliphatic carboxylic acids is 1. The largest absolute Gasteiger partial charge is 0.480 e. The van der Waals surface area contributed by atoms with Gasteiger partial charge in [0.1, 0.15) is 18.7 Å². The molecule has 0 aliphatic heterocycles. The van der Waals surface area contributed by atoms with Crippen LogP contribution < -0.4 is 10.6 Å². The van der Waals surface area contributed by atoms with Crippen molar-refractivity contribution in [3.05, 3.63) is 35.9 Å². The second-order valence-electron chi connectivity index (χ2n) is 6.73. The Morgan fingerprint density at radius 1 is 1.08 bits per heavy atom. The molecule has 1 aromatic rings. The molecule has 132 valence electrons. The van der Waals surface area contributed by atoms with Crippen LogP contribution in [0.3, 0.4) is 0 Å². The minimum absolute atomic E-state index is 0.240. The molecule has 0 aliphatic rings. The van der Waals surface area contributed by atoms with Crippen LogP contribution in [-0.2, 0) is 14.4 Å². The molecule has 1 aromatic carbocycles. The van der Waals surface area contributed by atoms with Crippen LogP contribution in [-0.4, -0.2) is 40.6 Å². The standard InChI is InChI=1S/C17H24N2O5/c1-17(2,3)9-12(16(23)24)18-15(22)14(19-13(21)10-20)11-7-5-4-6-8-11/h4-8,12,14,20H,9-10H2,1-3H3,(H,18,22)(H,19,21)(H,23,24)/t12-,14+/m0/s1. The molecule has 0 unspecified atom stereocenters. The maximum absolute atomic E-state index is 12.5. The predicted molar refractivity (Wildman–Crippen MR) is 88.1 cm³/mol. The lowest BCUT2D eigenvalue weighted by molar-refractivity contribution is -0.143. The van der Waals surface area contributed by atoms with Crippen molar-refractivity contribution in [1.82, 2.24) is 10.6 Å².